The van der Waals surface area contributed by atoms with Crippen molar-refractivity contribution in [3.8, 4) is 11.6 Å². The van der Waals surface area contributed by atoms with Crippen molar-refractivity contribution in [1.82, 2.24) is 10.3 Å². The lowest BCUT2D eigenvalue weighted by Crippen LogP contribution is -2.23. The van der Waals surface area contributed by atoms with Gasteiger partial charge in [0.1, 0.15) is 11.4 Å². The first-order valence-corrected chi connectivity index (χ1v) is 8.10. The lowest BCUT2D eigenvalue weighted by molar-refractivity contribution is -0.141. The lowest BCUT2D eigenvalue weighted by atomic mass is 10.2. The molecule has 0 spiro atoms. The molecule has 7 nitrogen and oxygen atoms in total. The molecule has 0 saturated carbocycles. The Balaban J connectivity index is 2.25. The Morgan fingerprint density at radius 1 is 1.28 bits per heavy atom. The van der Waals surface area contributed by atoms with E-state index in [2.05, 4.69) is 22.6 Å². The van der Waals surface area contributed by atoms with Crippen molar-refractivity contribution in [3.63, 3.8) is 0 Å². The molecule has 2 aromatic rings. The lowest BCUT2D eigenvalue weighted by Gasteiger charge is -2.12. The fourth-order valence-corrected chi connectivity index (χ4v) is 2.21. The highest BCUT2D eigenvalue weighted by molar-refractivity contribution is 5.96. The molecule has 1 amide bonds. The summed E-state index contributed by atoms with van der Waals surface area (Å²) >= 11 is 0. The molecule has 0 bridgehead atoms. The number of nitrogens with zero attached hydrogens (tertiary/aromatic N) is 1. The van der Waals surface area contributed by atoms with Crippen molar-refractivity contribution in [2.24, 2.45) is 5.73 Å². The van der Waals surface area contributed by atoms with Crippen LogP contribution >= 0.6 is 0 Å². The zero-order valence-corrected chi connectivity index (χ0v) is 14.9. The Kier molecular flexibility index (Phi) is 6.76. The summed E-state index contributed by atoms with van der Waals surface area (Å²) in [6, 6.07) is 7.61. The molecule has 10 heteroatoms. The van der Waals surface area contributed by atoms with Gasteiger partial charge in [-0.25, -0.2) is 4.98 Å². The van der Waals surface area contributed by atoms with E-state index in [1.807, 2.05) is 0 Å². The average molecular weight is 407 g/mol. The van der Waals surface area contributed by atoms with Crippen LogP contribution in [-0.2, 0) is 17.5 Å². The highest BCUT2D eigenvalue weighted by atomic mass is 19.4. The minimum absolute atomic E-state index is 0.0408. The molecule has 152 valence electrons. The van der Waals surface area contributed by atoms with Gasteiger partial charge >= 0.3 is 12.1 Å². The summed E-state index contributed by atoms with van der Waals surface area (Å²) in [4.78, 5) is 26.4. The second-order valence-corrected chi connectivity index (χ2v) is 5.71. The number of amides is 1. The van der Waals surface area contributed by atoms with Gasteiger partial charge in [-0.1, -0.05) is 12.6 Å². The summed E-state index contributed by atoms with van der Waals surface area (Å²) in [5, 5.41) is 11.1. The fraction of sp³-hybridized carbons (Fsp3) is 0.158. The van der Waals surface area contributed by atoms with Crippen LogP contribution in [0.25, 0.3) is 0 Å². The van der Waals surface area contributed by atoms with Gasteiger partial charge in [-0.3, -0.25) is 9.59 Å². The molecular formula is C19H16F3N3O4. The predicted molar refractivity (Wildman–Crippen MR) is 96.0 cm³/mol. The maximum absolute atomic E-state index is 13.0. The summed E-state index contributed by atoms with van der Waals surface area (Å²) in [7, 11) is 0. The number of pyridine rings is 1. The number of hydrogen-bond donors (Lipinski definition) is 3. The van der Waals surface area contributed by atoms with Crippen LogP contribution in [0, 0.1) is 0 Å². The number of aromatic nitrogens is 1. The molecule has 0 aliphatic carbocycles. The van der Waals surface area contributed by atoms with E-state index in [9.17, 15) is 22.8 Å². The van der Waals surface area contributed by atoms with Crippen molar-refractivity contribution in [3.05, 3.63) is 71.2 Å². The molecule has 1 aromatic heterocycles. The molecule has 2 rings (SSSR count). The van der Waals surface area contributed by atoms with E-state index in [1.54, 1.807) is 0 Å². The first kappa shape index (κ1) is 21.7. The van der Waals surface area contributed by atoms with Crippen molar-refractivity contribution >= 4 is 11.9 Å². The third-order valence-corrected chi connectivity index (χ3v) is 3.51. The standard InChI is InChI=1S/C19H16F3N3O4/c1-2-13(9-17(26)27)24-18(28)12-4-3-5-14(8-12)29-16-7-11(10-23)6-15(25-16)19(20,21)22/h3-8H,1,9-10,23H2,(H,24,28)(H,26,27). The Morgan fingerprint density at radius 2 is 2.00 bits per heavy atom. The molecule has 0 unspecified atom stereocenters. The van der Waals surface area contributed by atoms with Gasteiger partial charge in [0.25, 0.3) is 5.91 Å². The Labute approximate surface area is 163 Å². The van der Waals surface area contributed by atoms with Crippen LogP contribution in [-0.4, -0.2) is 22.0 Å². The topological polar surface area (TPSA) is 115 Å². The summed E-state index contributed by atoms with van der Waals surface area (Å²) in [6.45, 7) is 3.16. The van der Waals surface area contributed by atoms with Gasteiger partial charge in [-0.05, 0) is 29.8 Å². The van der Waals surface area contributed by atoms with E-state index in [0.29, 0.717) is 0 Å². The number of nitrogens with two attached hydrogens (primary N) is 1. The van der Waals surface area contributed by atoms with E-state index >= 15 is 0 Å². The number of carbonyl (C=O) groups excluding carboxylic acids is 1. The molecule has 29 heavy (non-hydrogen) atoms. The van der Waals surface area contributed by atoms with Crippen molar-refractivity contribution in [2.75, 3.05) is 0 Å². The van der Waals surface area contributed by atoms with Gasteiger partial charge in [-0.15, -0.1) is 5.73 Å². The monoisotopic (exact) mass is 407 g/mol. The van der Waals surface area contributed by atoms with Crippen molar-refractivity contribution in [1.29, 1.82) is 0 Å². The number of rotatable bonds is 7. The second-order valence-electron chi connectivity index (χ2n) is 5.71. The van der Waals surface area contributed by atoms with Gasteiger partial charge in [0.15, 0.2) is 0 Å². The third-order valence-electron chi connectivity index (χ3n) is 3.51. The van der Waals surface area contributed by atoms with Crippen LogP contribution in [0.3, 0.4) is 0 Å². The number of hydrogen-bond acceptors (Lipinski definition) is 5. The number of aliphatic carboxylic acids is 1. The smallest absolute Gasteiger partial charge is 0.433 e. The SMILES string of the molecule is C=C=C(CC(=O)O)NC(=O)c1cccc(Oc2cc(CN)cc(C(F)(F)F)n2)c1. The number of ether oxygens (including phenoxy) is 1. The molecule has 0 aliphatic heterocycles. The number of nitrogens with one attached hydrogen (secondary N) is 1. The van der Waals surface area contributed by atoms with Crippen LogP contribution in [0.2, 0.25) is 0 Å². The molecule has 0 fully saturated rings. The van der Waals surface area contributed by atoms with E-state index in [-0.39, 0.29) is 35.0 Å². The molecule has 0 radical (unpaired) electrons. The Hall–Kier alpha value is -3.62. The van der Waals surface area contributed by atoms with Gasteiger partial charge in [-0.2, -0.15) is 13.2 Å². The molecular weight excluding hydrogens is 391 g/mol. The maximum atomic E-state index is 13.0. The van der Waals surface area contributed by atoms with Crippen molar-refractivity contribution < 1.29 is 32.6 Å². The second kappa shape index (κ2) is 9.05. The van der Waals surface area contributed by atoms with E-state index in [0.717, 1.165) is 6.07 Å². The van der Waals surface area contributed by atoms with Gasteiger partial charge in [0.2, 0.25) is 5.88 Å². The first-order valence-electron chi connectivity index (χ1n) is 8.10. The average Bonchev–Trinajstić information content (AvgIpc) is 2.66. The minimum Gasteiger partial charge on any atom is -0.481 e. The van der Waals surface area contributed by atoms with Gasteiger partial charge < -0.3 is 20.9 Å². The zero-order chi connectivity index (χ0) is 21.6. The number of alkyl halides is 3. The van der Waals surface area contributed by atoms with Crippen LogP contribution in [0.1, 0.15) is 28.0 Å². The van der Waals surface area contributed by atoms with Crippen LogP contribution < -0.4 is 15.8 Å². The Bertz CT molecular complexity index is 983. The molecule has 1 heterocycles. The van der Waals surface area contributed by atoms with E-state index in [4.69, 9.17) is 15.6 Å². The number of carboxylic acid groups (broad SMARTS) is 1. The normalized spacial score (nSPS) is 10.8. The van der Waals surface area contributed by atoms with Crippen molar-refractivity contribution in [2.45, 2.75) is 19.1 Å². The summed E-state index contributed by atoms with van der Waals surface area (Å²) in [6.07, 6.45) is -5.16. The molecule has 1 aromatic carbocycles. The van der Waals surface area contributed by atoms with E-state index < -0.39 is 30.2 Å². The Morgan fingerprint density at radius 3 is 2.59 bits per heavy atom. The highest BCUT2D eigenvalue weighted by Gasteiger charge is 2.33. The molecule has 0 saturated heterocycles. The first-order chi connectivity index (χ1) is 13.6. The van der Waals surface area contributed by atoms with E-state index in [1.165, 1.54) is 30.3 Å². The molecule has 4 N–H and O–H groups in total. The summed E-state index contributed by atoms with van der Waals surface area (Å²) in [5.41, 5.74) is 6.79. The fourth-order valence-electron chi connectivity index (χ4n) is 2.21. The molecule has 0 atom stereocenters. The highest BCUT2D eigenvalue weighted by Crippen LogP contribution is 2.31. The predicted octanol–water partition coefficient (Wildman–Crippen LogP) is 3.22. The number of halogens is 3. The third kappa shape index (κ3) is 6.20. The summed E-state index contributed by atoms with van der Waals surface area (Å²) in [5.74, 6) is -2.13. The van der Waals surface area contributed by atoms with Crippen LogP contribution in [0.5, 0.6) is 11.6 Å². The maximum Gasteiger partial charge on any atom is 0.433 e. The largest absolute Gasteiger partial charge is 0.481 e. The summed E-state index contributed by atoms with van der Waals surface area (Å²) < 4.78 is 44.3. The number of carboxylic acids is 1. The molecule has 0 aliphatic rings. The van der Waals surface area contributed by atoms with Gasteiger partial charge in [0, 0.05) is 18.2 Å². The van der Waals surface area contributed by atoms with Crippen LogP contribution in [0.4, 0.5) is 13.2 Å². The number of carbonyl (C=O) groups is 2. The quantitative estimate of drug-likeness (QED) is 0.607. The van der Waals surface area contributed by atoms with Gasteiger partial charge in [0.05, 0.1) is 12.1 Å². The zero-order valence-electron chi connectivity index (χ0n) is 14.9. The minimum atomic E-state index is -4.68. The van der Waals surface area contributed by atoms with Crippen LogP contribution in [0.15, 0.2) is 54.4 Å². The number of benzene rings is 1.